The minimum atomic E-state index is -0.391. The second-order valence-electron chi connectivity index (χ2n) is 5.65. The Hall–Kier alpha value is -1.68. The highest BCUT2D eigenvalue weighted by Crippen LogP contribution is 2.33. The molecule has 0 aromatic heterocycles. The number of carbonyl (C=O) groups excluding carboxylic acids is 2. The van der Waals surface area contributed by atoms with Gasteiger partial charge in [0.2, 0.25) is 0 Å². The van der Waals surface area contributed by atoms with Crippen LogP contribution in [0, 0.1) is 13.8 Å². The lowest BCUT2D eigenvalue weighted by atomic mass is 10.0. The summed E-state index contributed by atoms with van der Waals surface area (Å²) >= 11 is 0. The first-order valence-corrected chi connectivity index (χ1v) is 7.13. The molecule has 0 fully saturated rings. The molecule has 1 N–H and O–H groups in total. The molecule has 1 aromatic carbocycles. The molecule has 4 heteroatoms. The summed E-state index contributed by atoms with van der Waals surface area (Å²) in [4.78, 5) is 25.8. The van der Waals surface area contributed by atoms with Crippen LogP contribution in [0.3, 0.4) is 0 Å². The molecule has 0 spiro atoms. The van der Waals surface area contributed by atoms with Crippen LogP contribution in [0.2, 0.25) is 0 Å². The van der Waals surface area contributed by atoms with Crippen LogP contribution in [0.1, 0.15) is 41.8 Å². The highest BCUT2D eigenvalue weighted by molar-refractivity contribution is 6.52. The van der Waals surface area contributed by atoms with Crippen molar-refractivity contribution in [3.63, 3.8) is 0 Å². The number of rotatable bonds is 5. The summed E-state index contributed by atoms with van der Waals surface area (Å²) in [5.41, 5.74) is 3.49. The lowest BCUT2D eigenvalue weighted by Gasteiger charge is -2.20. The number of fused-ring (bicyclic) bond motifs is 1. The summed E-state index contributed by atoms with van der Waals surface area (Å²) < 4.78 is 0. The number of benzene rings is 1. The van der Waals surface area contributed by atoms with Crippen molar-refractivity contribution in [3.8, 4) is 0 Å². The van der Waals surface area contributed by atoms with Crippen molar-refractivity contribution in [1.82, 2.24) is 5.32 Å². The van der Waals surface area contributed by atoms with E-state index in [-0.39, 0.29) is 5.78 Å². The smallest absolute Gasteiger partial charge is 0.299 e. The number of hydrogen-bond acceptors (Lipinski definition) is 3. The van der Waals surface area contributed by atoms with Crippen LogP contribution in [0.25, 0.3) is 0 Å². The summed E-state index contributed by atoms with van der Waals surface area (Å²) in [7, 11) is 0. The van der Waals surface area contributed by atoms with E-state index in [0.717, 1.165) is 29.8 Å². The Morgan fingerprint density at radius 3 is 2.55 bits per heavy atom. The van der Waals surface area contributed by atoms with Gasteiger partial charge >= 0.3 is 0 Å². The number of hydrogen-bond donors (Lipinski definition) is 1. The quantitative estimate of drug-likeness (QED) is 0.661. The summed E-state index contributed by atoms with van der Waals surface area (Å²) in [6, 6.07) is 4.11. The van der Waals surface area contributed by atoms with Gasteiger partial charge in [-0.3, -0.25) is 9.59 Å². The molecule has 0 aliphatic carbocycles. The van der Waals surface area contributed by atoms with E-state index < -0.39 is 5.91 Å². The Balaban J connectivity index is 2.17. The number of nitrogens with zero attached hydrogens (tertiary/aromatic N) is 1. The molecule has 1 aliphatic heterocycles. The predicted octanol–water partition coefficient (Wildman–Crippen LogP) is 2.22. The maximum Gasteiger partial charge on any atom is 0.299 e. The average Bonchev–Trinajstić information content (AvgIpc) is 2.64. The van der Waals surface area contributed by atoms with Crippen molar-refractivity contribution in [3.05, 3.63) is 28.8 Å². The number of amides is 1. The van der Waals surface area contributed by atoms with Crippen LogP contribution in [0.4, 0.5) is 5.69 Å². The first-order valence-electron chi connectivity index (χ1n) is 7.13. The lowest BCUT2D eigenvalue weighted by molar-refractivity contribution is -0.114. The third-order valence-electron chi connectivity index (χ3n) is 3.77. The van der Waals surface area contributed by atoms with Gasteiger partial charge in [-0.1, -0.05) is 19.9 Å². The Morgan fingerprint density at radius 1 is 1.20 bits per heavy atom. The molecule has 4 nitrogen and oxygen atoms in total. The van der Waals surface area contributed by atoms with Crippen LogP contribution in [-0.2, 0) is 4.79 Å². The van der Waals surface area contributed by atoms with E-state index >= 15 is 0 Å². The van der Waals surface area contributed by atoms with E-state index in [0.29, 0.717) is 18.2 Å². The Morgan fingerprint density at radius 2 is 1.90 bits per heavy atom. The second kappa shape index (κ2) is 5.75. The van der Waals surface area contributed by atoms with E-state index in [4.69, 9.17) is 0 Å². The number of aryl methyl sites for hydroxylation is 1. The molecule has 2 rings (SSSR count). The number of Topliss-reactive ketones (excluding diaryl/α,β-unsaturated/α-hetero) is 1. The van der Waals surface area contributed by atoms with Gasteiger partial charge in [-0.15, -0.1) is 0 Å². The van der Waals surface area contributed by atoms with Gasteiger partial charge in [0.1, 0.15) is 0 Å². The molecule has 1 aromatic rings. The molecule has 0 unspecified atom stereocenters. The van der Waals surface area contributed by atoms with Crippen molar-refractivity contribution < 1.29 is 9.59 Å². The van der Waals surface area contributed by atoms with Crippen LogP contribution in [0.15, 0.2) is 12.1 Å². The first kappa shape index (κ1) is 14.7. The van der Waals surface area contributed by atoms with E-state index in [2.05, 4.69) is 19.2 Å². The van der Waals surface area contributed by atoms with Crippen LogP contribution in [-0.4, -0.2) is 30.8 Å². The average molecular weight is 274 g/mol. The van der Waals surface area contributed by atoms with Crippen LogP contribution < -0.4 is 10.2 Å². The zero-order chi connectivity index (χ0) is 14.9. The monoisotopic (exact) mass is 274 g/mol. The molecule has 20 heavy (non-hydrogen) atoms. The zero-order valence-corrected chi connectivity index (χ0v) is 12.6. The molecule has 1 aliphatic rings. The van der Waals surface area contributed by atoms with Gasteiger partial charge in [-0.05, 0) is 44.0 Å². The van der Waals surface area contributed by atoms with Crippen LogP contribution >= 0.6 is 0 Å². The Bertz CT molecular complexity index is 550. The highest BCUT2D eigenvalue weighted by Gasteiger charge is 2.36. The fraction of sp³-hybridized carbons (Fsp3) is 0.500. The first-order chi connectivity index (χ1) is 9.43. The van der Waals surface area contributed by atoms with Crippen molar-refractivity contribution >= 4 is 17.4 Å². The van der Waals surface area contributed by atoms with Gasteiger partial charge < -0.3 is 10.2 Å². The Kier molecular flexibility index (Phi) is 4.23. The summed E-state index contributed by atoms with van der Waals surface area (Å²) in [6.07, 6.45) is 0.837. The van der Waals surface area contributed by atoms with Crippen molar-refractivity contribution in [2.75, 3.05) is 18.0 Å². The number of ketones is 1. The molecule has 0 bridgehead atoms. The van der Waals surface area contributed by atoms with Crippen molar-refractivity contribution in [2.45, 2.75) is 40.2 Å². The van der Waals surface area contributed by atoms with E-state index in [1.165, 1.54) is 0 Å². The summed E-state index contributed by atoms with van der Waals surface area (Å²) in [5, 5.41) is 3.32. The SMILES string of the molecule is Cc1ccc2c(c1C)N(CCCNC(C)C)C(=O)C2=O. The van der Waals surface area contributed by atoms with Gasteiger partial charge in [-0.25, -0.2) is 0 Å². The normalized spacial score (nSPS) is 14.3. The van der Waals surface area contributed by atoms with Crippen molar-refractivity contribution in [2.24, 2.45) is 0 Å². The molecule has 1 amide bonds. The molecule has 0 saturated heterocycles. The molecule has 1 heterocycles. The highest BCUT2D eigenvalue weighted by atomic mass is 16.2. The van der Waals surface area contributed by atoms with Gasteiger partial charge in [-0.2, -0.15) is 0 Å². The van der Waals surface area contributed by atoms with E-state index in [1.54, 1.807) is 11.0 Å². The molecular weight excluding hydrogens is 252 g/mol. The fourth-order valence-electron chi connectivity index (χ4n) is 2.51. The number of carbonyl (C=O) groups is 2. The van der Waals surface area contributed by atoms with E-state index in [1.807, 2.05) is 19.9 Å². The largest absolute Gasteiger partial charge is 0.314 e. The third kappa shape index (κ3) is 2.61. The maximum absolute atomic E-state index is 12.1. The number of nitrogens with one attached hydrogen (secondary N) is 1. The molecular formula is C16H22N2O2. The second-order valence-corrected chi connectivity index (χ2v) is 5.65. The Labute approximate surface area is 120 Å². The van der Waals surface area contributed by atoms with Crippen LogP contribution in [0.5, 0.6) is 0 Å². The molecule has 0 radical (unpaired) electrons. The van der Waals surface area contributed by atoms with E-state index in [9.17, 15) is 9.59 Å². The third-order valence-corrected chi connectivity index (χ3v) is 3.77. The molecule has 0 saturated carbocycles. The maximum atomic E-state index is 12.1. The lowest BCUT2D eigenvalue weighted by Crippen LogP contribution is -2.33. The van der Waals surface area contributed by atoms with Gasteiger partial charge in [0.15, 0.2) is 0 Å². The predicted molar refractivity (Wildman–Crippen MR) is 80.4 cm³/mol. The van der Waals surface area contributed by atoms with Crippen molar-refractivity contribution in [1.29, 1.82) is 0 Å². The summed E-state index contributed by atoms with van der Waals surface area (Å²) in [5.74, 6) is -0.766. The molecule has 108 valence electrons. The topological polar surface area (TPSA) is 49.4 Å². The minimum Gasteiger partial charge on any atom is -0.314 e. The van der Waals surface area contributed by atoms with Gasteiger partial charge in [0.05, 0.1) is 11.3 Å². The van der Waals surface area contributed by atoms with Gasteiger partial charge in [0.25, 0.3) is 11.7 Å². The summed E-state index contributed by atoms with van der Waals surface area (Å²) in [6.45, 7) is 9.58. The number of anilines is 1. The fourth-order valence-corrected chi connectivity index (χ4v) is 2.51. The van der Waals surface area contributed by atoms with Gasteiger partial charge in [0, 0.05) is 12.6 Å². The zero-order valence-electron chi connectivity index (χ0n) is 12.6. The molecule has 0 atom stereocenters. The standard InChI is InChI=1S/C16H22N2O2/c1-10(2)17-8-5-9-18-14-12(4)11(3)6-7-13(14)15(19)16(18)20/h6-7,10,17H,5,8-9H2,1-4H3. The minimum absolute atomic E-state index is 0.375.